The van der Waals surface area contributed by atoms with Gasteiger partial charge in [0.1, 0.15) is 0 Å². The van der Waals surface area contributed by atoms with Crippen LogP contribution < -0.4 is 5.32 Å². The van der Waals surface area contributed by atoms with Gasteiger partial charge < -0.3 is 14.5 Å². The lowest BCUT2D eigenvalue weighted by Crippen LogP contribution is -2.28. The van der Waals surface area contributed by atoms with E-state index in [0.717, 1.165) is 12.8 Å². The monoisotopic (exact) mass is 378 g/mol. The molecule has 0 unspecified atom stereocenters. The second-order valence-corrected chi connectivity index (χ2v) is 7.68. The first-order valence-electron chi connectivity index (χ1n) is 8.07. The van der Waals surface area contributed by atoms with Crippen LogP contribution in [0.5, 0.6) is 0 Å². The first-order valence-corrected chi connectivity index (χ1v) is 9.51. The van der Waals surface area contributed by atoms with Gasteiger partial charge in [-0.25, -0.2) is 13.2 Å². The van der Waals surface area contributed by atoms with Crippen molar-refractivity contribution < 1.29 is 27.2 Å². The van der Waals surface area contributed by atoms with E-state index in [1.807, 2.05) is 0 Å². The molecule has 0 spiro atoms. The Morgan fingerprint density at radius 1 is 1.15 bits per heavy atom. The van der Waals surface area contributed by atoms with Crippen LogP contribution in [0, 0.1) is 0 Å². The maximum Gasteiger partial charge on any atom is 0.374 e. The second kappa shape index (κ2) is 7.71. The summed E-state index contributed by atoms with van der Waals surface area (Å²) in [6.07, 6.45) is 3.01. The summed E-state index contributed by atoms with van der Waals surface area (Å²) in [4.78, 5) is 23.7. The van der Waals surface area contributed by atoms with E-state index in [4.69, 9.17) is 9.15 Å². The van der Waals surface area contributed by atoms with E-state index in [-0.39, 0.29) is 10.7 Å². The molecular formula is C17H18N2O6S. The minimum Gasteiger partial charge on any atom is -0.457 e. The van der Waals surface area contributed by atoms with Gasteiger partial charge in [0.05, 0.1) is 11.2 Å². The van der Waals surface area contributed by atoms with Crippen molar-refractivity contribution in [1.82, 2.24) is 4.31 Å². The van der Waals surface area contributed by atoms with Crippen LogP contribution in [-0.4, -0.2) is 44.3 Å². The average molecular weight is 378 g/mol. The number of sulfonamides is 1. The third-order valence-corrected chi connectivity index (χ3v) is 5.77. The molecule has 1 aromatic carbocycles. The van der Waals surface area contributed by atoms with Gasteiger partial charge >= 0.3 is 5.97 Å². The second-order valence-electron chi connectivity index (χ2n) is 5.74. The lowest BCUT2D eigenvalue weighted by Gasteiger charge is -2.16. The Morgan fingerprint density at radius 3 is 2.62 bits per heavy atom. The largest absolute Gasteiger partial charge is 0.457 e. The van der Waals surface area contributed by atoms with Gasteiger partial charge in [-0.05, 0) is 43.2 Å². The molecule has 0 radical (unpaired) electrons. The molecule has 9 heteroatoms. The summed E-state index contributed by atoms with van der Waals surface area (Å²) in [5.41, 5.74) is 0.310. The van der Waals surface area contributed by atoms with E-state index < -0.39 is 28.5 Å². The number of nitrogens with zero attached hydrogens (tertiary/aromatic N) is 1. The van der Waals surface area contributed by atoms with Gasteiger partial charge in [0.25, 0.3) is 5.91 Å². The number of hydrogen-bond donors (Lipinski definition) is 1. The average Bonchev–Trinajstić information content (AvgIpc) is 3.33. The normalized spacial score (nSPS) is 14.9. The number of benzene rings is 1. The summed E-state index contributed by atoms with van der Waals surface area (Å²) >= 11 is 0. The van der Waals surface area contributed by atoms with E-state index in [1.54, 1.807) is 12.1 Å². The van der Waals surface area contributed by atoms with Gasteiger partial charge in [-0.2, -0.15) is 4.31 Å². The van der Waals surface area contributed by atoms with Gasteiger partial charge in [0.2, 0.25) is 15.8 Å². The molecule has 3 rings (SSSR count). The van der Waals surface area contributed by atoms with Crippen LogP contribution in [0.4, 0.5) is 5.69 Å². The zero-order chi connectivity index (χ0) is 18.6. The van der Waals surface area contributed by atoms with Crippen molar-refractivity contribution in [3.63, 3.8) is 0 Å². The molecule has 0 atom stereocenters. The predicted octanol–water partition coefficient (Wildman–Crippen LogP) is 1.86. The SMILES string of the molecule is O=C(COC(=O)c1ccco1)Nc1cccc(S(=O)(=O)N2CCCC2)c1. The Labute approximate surface area is 150 Å². The number of amides is 1. The van der Waals surface area contributed by atoms with Gasteiger partial charge in [-0.1, -0.05) is 6.07 Å². The molecule has 2 aromatic rings. The highest BCUT2D eigenvalue weighted by molar-refractivity contribution is 7.89. The van der Waals surface area contributed by atoms with E-state index >= 15 is 0 Å². The summed E-state index contributed by atoms with van der Waals surface area (Å²) in [6, 6.07) is 8.94. The van der Waals surface area contributed by atoms with E-state index in [0.29, 0.717) is 18.8 Å². The van der Waals surface area contributed by atoms with Crippen molar-refractivity contribution in [1.29, 1.82) is 0 Å². The lowest BCUT2D eigenvalue weighted by atomic mass is 10.3. The molecule has 8 nitrogen and oxygen atoms in total. The van der Waals surface area contributed by atoms with E-state index in [2.05, 4.69) is 5.32 Å². The van der Waals surface area contributed by atoms with Crippen LogP contribution >= 0.6 is 0 Å². The number of nitrogens with one attached hydrogen (secondary N) is 1. The molecular weight excluding hydrogens is 360 g/mol. The molecule has 2 heterocycles. The minimum atomic E-state index is -3.57. The van der Waals surface area contributed by atoms with Gasteiger partial charge in [0, 0.05) is 18.8 Å². The first kappa shape index (κ1) is 18.2. The lowest BCUT2D eigenvalue weighted by molar-refractivity contribution is -0.119. The molecule has 0 bridgehead atoms. The predicted molar refractivity (Wildman–Crippen MR) is 92.1 cm³/mol. The molecule has 1 aliphatic rings. The number of anilines is 1. The topological polar surface area (TPSA) is 106 Å². The van der Waals surface area contributed by atoms with Gasteiger partial charge in [-0.15, -0.1) is 0 Å². The number of esters is 1. The van der Waals surface area contributed by atoms with Crippen LogP contribution in [-0.2, 0) is 19.6 Å². The van der Waals surface area contributed by atoms with Gasteiger partial charge in [-0.3, -0.25) is 4.79 Å². The van der Waals surface area contributed by atoms with E-state index in [9.17, 15) is 18.0 Å². The van der Waals surface area contributed by atoms with Crippen LogP contribution in [0.25, 0.3) is 0 Å². The van der Waals surface area contributed by atoms with Crippen molar-refractivity contribution >= 4 is 27.6 Å². The fourth-order valence-electron chi connectivity index (χ4n) is 2.61. The molecule has 0 saturated carbocycles. The first-order chi connectivity index (χ1) is 12.5. The zero-order valence-corrected chi connectivity index (χ0v) is 14.7. The van der Waals surface area contributed by atoms with Crippen LogP contribution in [0.2, 0.25) is 0 Å². The van der Waals surface area contributed by atoms with E-state index in [1.165, 1.54) is 34.8 Å². The molecule has 1 saturated heterocycles. The molecule has 1 fully saturated rings. The number of furan rings is 1. The third-order valence-electron chi connectivity index (χ3n) is 3.88. The molecule has 138 valence electrons. The minimum absolute atomic E-state index is 0.00324. The quantitative estimate of drug-likeness (QED) is 0.769. The highest BCUT2D eigenvalue weighted by atomic mass is 32.2. The fraction of sp³-hybridized carbons (Fsp3) is 0.294. The van der Waals surface area contributed by atoms with Crippen molar-refractivity contribution in [2.24, 2.45) is 0 Å². The van der Waals surface area contributed by atoms with Crippen LogP contribution in [0.15, 0.2) is 52.0 Å². The molecule has 1 amide bonds. The summed E-state index contributed by atoms with van der Waals surface area (Å²) in [5.74, 6) is -1.34. The highest BCUT2D eigenvalue weighted by Gasteiger charge is 2.27. The van der Waals surface area contributed by atoms with Crippen molar-refractivity contribution in [2.45, 2.75) is 17.7 Å². The molecule has 1 aromatic heterocycles. The van der Waals surface area contributed by atoms with Crippen molar-refractivity contribution in [3.05, 3.63) is 48.4 Å². The van der Waals surface area contributed by atoms with Crippen molar-refractivity contribution in [3.8, 4) is 0 Å². The van der Waals surface area contributed by atoms with Crippen LogP contribution in [0.1, 0.15) is 23.4 Å². The number of hydrogen-bond acceptors (Lipinski definition) is 6. The van der Waals surface area contributed by atoms with Crippen molar-refractivity contribution in [2.75, 3.05) is 25.0 Å². The summed E-state index contributed by atoms with van der Waals surface area (Å²) in [5, 5.41) is 2.52. The maximum absolute atomic E-state index is 12.6. The Balaban J connectivity index is 1.61. The molecule has 26 heavy (non-hydrogen) atoms. The molecule has 1 N–H and O–H groups in total. The fourth-order valence-corrected chi connectivity index (χ4v) is 4.17. The zero-order valence-electron chi connectivity index (χ0n) is 13.9. The summed E-state index contributed by atoms with van der Waals surface area (Å²) in [7, 11) is -3.57. The Hall–Kier alpha value is -2.65. The number of rotatable bonds is 6. The van der Waals surface area contributed by atoms with Gasteiger partial charge in [0.15, 0.2) is 6.61 Å². The smallest absolute Gasteiger partial charge is 0.374 e. The number of carbonyl (C=O) groups excluding carboxylic acids is 2. The molecule has 0 aliphatic carbocycles. The maximum atomic E-state index is 12.6. The van der Waals surface area contributed by atoms with Crippen LogP contribution in [0.3, 0.4) is 0 Å². The third kappa shape index (κ3) is 4.12. The Bertz CT molecular complexity index is 886. The molecule has 1 aliphatic heterocycles. The number of carbonyl (C=O) groups is 2. The Morgan fingerprint density at radius 2 is 1.92 bits per heavy atom. The highest BCUT2D eigenvalue weighted by Crippen LogP contribution is 2.23. The Kier molecular flexibility index (Phi) is 5.38. The standard InChI is InChI=1S/C17H18N2O6S/c20-16(12-25-17(21)15-7-4-10-24-15)18-13-5-3-6-14(11-13)26(22,23)19-8-1-2-9-19/h3-7,10-11H,1-2,8-9,12H2,(H,18,20). The number of ether oxygens (including phenoxy) is 1. The summed E-state index contributed by atoms with van der Waals surface area (Å²) in [6.45, 7) is 0.492. The summed E-state index contributed by atoms with van der Waals surface area (Å²) < 4.78 is 36.2.